The Hall–Kier alpha value is -1.55. The van der Waals surface area contributed by atoms with Crippen LogP contribution in [-0.4, -0.2) is 27.0 Å². The Balaban J connectivity index is 2.09. The number of rotatable bonds is 4. The van der Waals surface area contributed by atoms with E-state index in [4.69, 9.17) is 0 Å². The zero-order chi connectivity index (χ0) is 12.3. The van der Waals surface area contributed by atoms with Crippen molar-refractivity contribution in [3.8, 4) is 0 Å². The maximum atomic E-state index is 11.0. The molecule has 2 aromatic carbocycles. The molecule has 0 aliphatic heterocycles. The highest BCUT2D eigenvalue weighted by molar-refractivity contribution is 7.90. The van der Waals surface area contributed by atoms with Gasteiger partial charge >= 0.3 is 0 Å². The molecule has 0 aliphatic rings. The minimum absolute atomic E-state index is 0.153. The molecule has 4 heteroatoms. The monoisotopic (exact) mass is 249 g/mol. The maximum absolute atomic E-state index is 11.0. The summed E-state index contributed by atoms with van der Waals surface area (Å²) >= 11 is 0. The van der Waals surface area contributed by atoms with Gasteiger partial charge in [-0.25, -0.2) is 8.42 Å². The lowest BCUT2D eigenvalue weighted by Gasteiger charge is -2.06. The lowest BCUT2D eigenvalue weighted by Crippen LogP contribution is -2.13. The summed E-state index contributed by atoms with van der Waals surface area (Å²) in [6.45, 7) is 0.442. The summed E-state index contributed by atoms with van der Waals surface area (Å²) in [5, 5.41) is 5.45. The summed E-state index contributed by atoms with van der Waals surface area (Å²) in [6.07, 6.45) is 1.25. The molecule has 90 valence electrons. The number of nitrogens with one attached hydrogen (secondary N) is 1. The van der Waals surface area contributed by atoms with Gasteiger partial charge < -0.3 is 5.32 Å². The molecule has 0 spiro atoms. The summed E-state index contributed by atoms with van der Waals surface area (Å²) in [4.78, 5) is 0. The van der Waals surface area contributed by atoms with Crippen LogP contribution in [-0.2, 0) is 9.84 Å². The van der Waals surface area contributed by atoms with Crippen molar-refractivity contribution >= 4 is 26.3 Å². The van der Waals surface area contributed by atoms with Crippen LogP contribution in [0.2, 0.25) is 0 Å². The SMILES string of the molecule is CS(=O)(=O)CCNc1ccc2ccccc2c1. The molecule has 0 saturated carbocycles. The van der Waals surface area contributed by atoms with E-state index >= 15 is 0 Å². The van der Waals surface area contributed by atoms with Crippen LogP contribution in [0.4, 0.5) is 5.69 Å². The Bertz CT molecular complexity index is 620. The van der Waals surface area contributed by atoms with Crippen LogP contribution in [0.5, 0.6) is 0 Å². The van der Waals surface area contributed by atoms with Gasteiger partial charge in [-0.15, -0.1) is 0 Å². The first-order valence-electron chi connectivity index (χ1n) is 5.45. The highest BCUT2D eigenvalue weighted by atomic mass is 32.2. The third kappa shape index (κ3) is 3.46. The summed E-state index contributed by atoms with van der Waals surface area (Å²) in [5.41, 5.74) is 0.951. The third-order valence-electron chi connectivity index (χ3n) is 2.55. The molecule has 2 rings (SSSR count). The molecule has 17 heavy (non-hydrogen) atoms. The van der Waals surface area contributed by atoms with Gasteiger partial charge in [0.1, 0.15) is 9.84 Å². The maximum Gasteiger partial charge on any atom is 0.149 e. The molecule has 0 unspecified atom stereocenters. The van der Waals surface area contributed by atoms with E-state index < -0.39 is 9.84 Å². The highest BCUT2D eigenvalue weighted by Crippen LogP contribution is 2.18. The number of hydrogen-bond donors (Lipinski definition) is 1. The minimum Gasteiger partial charge on any atom is -0.384 e. The van der Waals surface area contributed by atoms with Crippen molar-refractivity contribution in [1.82, 2.24) is 0 Å². The molecule has 0 aromatic heterocycles. The largest absolute Gasteiger partial charge is 0.384 e. The van der Waals surface area contributed by atoms with E-state index in [1.165, 1.54) is 11.6 Å². The lowest BCUT2D eigenvalue weighted by molar-refractivity contribution is 0.602. The second-order valence-electron chi connectivity index (χ2n) is 4.12. The molecule has 0 amide bonds. The number of benzene rings is 2. The number of sulfone groups is 1. The topological polar surface area (TPSA) is 46.2 Å². The third-order valence-corrected chi connectivity index (χ3v) is 3.50. The number of anilines is 1. The van der Waals surface area contributed by atoms with E-state index in [-0.39, 0.29) is 5.75 Å². The lowest BCUT2D eigenvalue weighted by atomic mass is 10.1. The van der Waals surface area contributed by atoms with Crippen LogP contribution in [0.1, 0.15) is 0 Å². The van der Waals surface area contributed by atoms with Gasteiger partial charge in [0.15, 0.2) is 0 Å². The zero-order valence-corrected chi connectivity index (χ0v) is 10.5. The zero-order valence-electron chi connectivity index (χ0n) is 9.68. The van der Waals surface area contributed by atoms with Crippen molar-refractivity contribution in [2.75, 3.05) is 23.9 Å². The minimum atomic E-state index is -2.90. The Morgan fingerprint density at radius 3 is 2.47 bits per heavy atom. The van der Waals surface area contributed by atoms with Crippen molar-refractivity contribution < 1.29 is 8.42 Å². The first kappa shape index (κ1) is 11.9. The van der Waals surface area contributed by atoms with Crippen LogP contribution in [0.15, 0.2) is 42.5 Å². The Kier molecular flexibility index (Phi) is 3.33. The summed E-state index contributed by atoms with van der Waals surface area (Å²) in [6, 6.07) is 14.1. The van der Waals surface area contributed by atoms with Crippen LogP contribution >= 0.6 is 0 Å². The molecule has 1 N–H and O–H groups in total. The van der Waals surface area contributed by atoms with Gasteiger partial charge in [0.2, 0.25) is 0 Å². The van der Waals surface area contributed by atoms with E-state index in [0.717, 1.165) is 11.1 Å². The second-order valence-corrected chi connectivity index (χ2v) is 6.38. The van der Waals surface area contributed by atoms with Crippen LogP contribution in [0, 0.1) is 0 Å². The smallest absolute Gasteiger partial charge is 0.149 e. The van der Waals surface area contributed by atoms with Gasteiger partial charge in [-0.2, -0.15) is 0 Å². The van der Waals surface area contributed by atoms with Gasteiger partial charge in [-0.3, -0.25) is 0 Å². The van der Waals surface area contributed by atoms with Gasteiger partial charge in [-0.1, -0.05) is 30.3 Å². The van der Waals surface area contributed by atoms with Crippen molar-refractivity contribution in [2.24, 2.45) is 0 Å². The van der Waals surface area contributed by atoms with Crippen molar-refractivity contribution in [3.63, 3.8) is 0 Å². The number of fused-ring (bicyclic) bond motifs is 1. The quantitative estimate of drug-likeness (QED) is 0.904. The summed E-state index contributed by atoms with van der Waals surface area (Å²) in [5.74, 6) is 0.153. The fourth-order valence-electron chi connectivity index (χ4n) is 1.68. The van der Waals surface area contributed by atoms with Gasteiger partial charge in [0, 0.05) is 18.5 Å². The summed E-state index contributed by atoms with van der Waals surface area (Å²) < 4.78 is 22.0. The van der Waals surface area contributed by atoms with E-state index in [2.05, 4.69) is 11.4 Å². The van der Waals surface area contributed by atoms with Gasteiger partial charge in [0.25, 0.3) is 0 Å². The molecular weight excluding hydrogens is 234 g/mol. The molecule has 3 nitrogen and oxygen atoms in total. The fourth-order valence-corrected chi connectivity index (χ4v) is 2.15. The van der Waals surface area contributed by atoms with Gasteiger partial charge in [0.05, 0.1) is 5.75 Å². The molecule has 0 saturated heterocycles. The van der Waals surface area contributed by atoms with Crippen LogP contribution < -0.4 is 5.32 Å². The molecule has 0 bridgehead atoms. The molecule has 0 atom stereocenters. The number of hydrogen-bond acceptors (Lipinski definition) is 3. The first-order valence-corrected chi connectivity index (χ1v) is 7.51. The fraction of sp³-hybridized carbons (Fsp3) is 0.231. The first-order chi connectivity index (χ1) is 8.04. The molecule has 0 radical (unpaired) electrons. The van der Waals surface area contributed by atoms with Crippen molar-refractivity contribution in [1.29, 1.82) is 0 Å². The molecule has 2 aromatic rings. The molecule has 0 fully saturated rings. The Morgan fingerprint density at radius 1 is 1.06 bits per heavy atom. The molecule has 0 aliphatic carbocycles. The predicted molar refractivity (Wildman–Crippen MR) is 72.1 cm³/mol. The van der Waals surface area contributed by atoms with E-state index in [1.807, 2.05) is 36.4 Å². The predicted octanol–water partition coefficient (Wildman–Crippen LogP) is 2.30. The summed E-state index contributed by atoms with van der Waals surface area (Å²) in [7, 11) is -2.90. The van der Waals surface area contributed by atoms with E-state index in [0.29, 0.717) is 6.54 Å². The van der Waals surface area contributed by atoms with Crippen molar-refractivity contribution in [2.45, 2.75) is 0 Å². The van der Waals surface area contributed by atoms with Gasteiger partial charge in [-0.05, 0) is 22.9 Å². The Morgan fingerprint density at radius 2 is 1.76 bits per heavy atom. The Labute approximate surface area is 101 Å². The highest BCUT2D eigenvalue weighted by Gasteiger charge is 2.01. The van der Waals surface area contributed by atoms with Crippen LogP contribution in [0.25, 0.3) is 10.8 Å². The average Bonchev–Trinajstić information content (AvgIpc) is 2.27. The van der Waals surface area contributed by atoms with E-state index in [1.54, 1.807) is 0 Å². The molecule has 0 heterocycles. The van der Waals surface area contributed by atoms with E-state index in [9.17, 15) is 8.42 Å². The second kappa shape index (κ2) is 4.75. The normalized spacial score (nSPS) is 11.6. The standard InChI is InChI=1S/C13H15NO2S/c1-17(15,16)9-8-14-13-7-6-11-4-2-3-5-12(11)10-13/h2-7,10,14H,8-9H2,1H3. The van der Waals surface area contributed by atoms with Crippen LogP contribution in [0.3, 0.4) is 0 Å². The van der Waals surface area contributed by atoms with Crippen molar-refractivity contribution in [3.05, 3.63) is 42.5 Å². The average molecular weight is 249 g/mol. The molecular formula is C13H15NO2S.